The van der Waals surface area contributed by atoms with Crippen molar-refractivity contribution < 1.29 is 9.53 Å². The highest BCUT2D eigenvalue weighted by Gasteiger charge is 2.03. The Morgan fingerprint density at radius 2 is 2.07 bits per heavy atom. The van der Waals surface area contributed by atoms with Gasteiger partial charge in [-0.3, -0.25) is 4.79 Å². The topological polar surface area (TPSA) is 26.3 Å². The van der Waals surface area contributed by atoms with Gasteiger partial charge in [0, 0.05) is 12.0 Å². The fraction of sp³-hybridized carbons (Fsp3) is 0.308. The van der Waals surface area contributed by atoms with E-state index in [-0.39, 0.29) is 5.78 Å². The molecule has 0 atom stereocenters. The van der Waals surface area contributed by atoms with Gasteiger partial charge in [0.25, 0.3) is 0 Å². The lowest BCUT2D eigenvalue weighted by molar-refractivity contribution is 0.0981. The fourth-order valence-corrected chi connectivity index (χ4v) is 1.26. The largest absolute Gasteiger partial charge is 0.490 e. The van der Waals surface area contributed by atoms with Crippen LogP contribution in [0.4, 0.5) is 0 Å². The summed E-state index contributed by atoms with van der Waals surface area (Å²) in [5.74, 6) is 0.954. The van der Waals surface area contributed by atoms with Gasteiger partial charge in [0.2, 0.25) is 0 Å². The second-order valence-corrected chi connectivity index (χ2v) is 3.30. The Hall–Kier alpha value is -1.57. The number of carbonyl (C=O) groups excluding carboxylic acids is 1. The summed E-state index contributed by atoms with van der Waals surface area (Å²) in [6.07, 6.45) is 3.18. The molecule has 0 saturated heterocycles. The Balaban J connectivity index is 2.63. The third-order valence-corrected chi connectivity index (χ3v) is 2.02. The average Bonchev–Trinajstić information content (AvgIpc) is 2.27. The molecule has 0 saturated carbocycles. The average molecular weight is 204 g/mol. The number of ether oxygens (including phenoxy) is 1. The first kappa shape index (κ1) is 11.5. The molecule has 0 aromatic heterocycles. The smallest absolute Gasteiger partial charge is 0.162 e. The molecule has 0 heterocycles. The highest BCUT2D eigenvalue weighted by molar-refractivity contribution is 5.96. The monoisotopic (exact) mass is 204 g/mol. The Morgan fingerprint density at radius 3 is 2.60 bits per heavy atom. The quantitative estimate of drug-likeness (QED) is 0.525. The first-order chi connectivity index (χ1) is 7.27. The summed E-state index contributed by atoms with van der Waals surface area (Å²) in [6.45, 7) is 6.05. The van der Waals surface area contributed by atoms with Gasteiger partial charge in [-0.25, -0.2) is 0 Å². The molecular weight excluding hydrogens is 188 g/mol. The summed E-state index contributed by atoms with van der Waals surface area (Å²) >= 11 is 0. The van der Waals surface area contributed by atoms with Crippen molar-refractivity contribution >= 4 is 5.78 Å². The summed E-state index contributed by atoms with van der Waals surface area (Å²) in [4.78, 5) is 11.5. The van der Waals surface area contributed by atoms with E-state index in [1.54, 1.807) is 18.2 Å². The van der Waals surface area contributed by atoms with Crippen molar-refractivity contribution in [2.45, 2.75) is 19.8 Å². The van der Waals surface area contributed by atoms with E-state index in [1.165, 1.54) is 0 Å². The van der Waals surface area contributed by atoms with E-state index in [9.17, 15) is 4.79 Å². The lowest BCUT2D eigenvalue weighted by Gasteiger charge is -2.04. The van der Waals surface area contributed by atoms with Crippen LogP contribution in [0.15, 0.2) is 36.9 Å². The van der Waals surface area contributed by atoms with E-state index in [0.717, 1.165) is 17.7 Å². The van der Waals surface area contributed by atoms with Crippen LogP contribution in [-0.4, -0.2) is 12.4 Å². The second-order valence-electron chi connectivity index (χ2n) is 3.30. The third-order valence-electron chi connectivity index (χ3n) is 2.02. The zero-order valence-corrected chi connectivity index (χ0v) is 9.03. The van der Waals surface area contributed by atoms with Crippen molar-refractivity contribution in [2.24, 2.45) is 0 Å². The van der Waals surface area contributed by atoms with E-state index in [4.69, 9.17) is 4.74 Å². The Morgan fingerprint density at radius 1 is 1.40 bits per heavy atom. The number of carbonyl (C=O) groups is 1. The molecule has 1 aromatic rings. The summed E-state index contributed by atoms with van der Waals surface area (Å²) in [5, 5.41) is 0. The van der Waals surface area contributed by atoms with Crippen molar-refractivity contribution in [3.8, 4) is 5.75 Å². The molecule has 0 fully saturated rings. The predicted octanol–water partition coefficient (Wildman–Crippen LogP) is 3.23. The molecule has 80 valence electrons. The van der Waals surface area contributed by atoms with Crippen molar-refractivity contribution in [1.29, 1.82) is 0 Å². The van der Waals surface area contributed by atoms with E-state index in [2.05, 4.69) is 6.58 Å². The Bertz CT molecular complexity index is 325. The van der Waals surface area contributed by atoms with Gasteiger partial charge in [-0.2, -0.15) is 0 Å². The molecule has 1 rings (SSSR count). The molecule has 2 nitrogen and oxygen atoms in total. The molecule has 0 bridgehead atoms. The molecule has 0 unspecified atom stereocenters. The van der Waals surface area contributed by atoms with E-state index in [0.29, 0.717) is 13.0 Å². The van der Waals surface area contributed by atoms with E-state index < -0.39 is 0 Å². The van der Waals surface area contributed by atoms with Gasteiger partial charge < -0.3 is 4.74 Å². The van der Waals surface area contributed by atoms with Crippen LogP contribution < -0.4 is 4.74 Å². The van der Waals surface area contributed by atoms with Crippen LogP contribution in [0.5, 0.6) is 5.75 Å². The van der Waals surface area contributed by atoms with Gasteiger partial charge in [0.1, 0.15) is 12.4 Å². The molecule has 1 aromatic carbocycles. The number of rotatable bonds is 6. The first-order valence-electron chi connectivity index (χ1n) is 5.15. The number of ketones is 1. The van der Waals surface area contributed by atoms with Gasteiger partial charge in [-0.05, 0) is 30.7 Å². The third kappa shape index (κ3) is 3.58. The first-order valence-corrected chi connectivity index (χ1v) is 5.15. The van der Waals surface area contributed by atoms with Gasteiger partial charge in [-0.1, -0.05) is 19.6 Å². The maximum Gasteiger partial charge on any atom is 0.162 e. The minimum Gasteiger partial charge on any atom is -0.490 e. The van der Waals surface area contributed by atoms with Crippen LogP contribution in [0.25, 0.3) is 0 Å². The van der Waals surface area contributed by atoms with Gasteiger partial charge in [-0.15, -0.1) is 0 Å². The van der Waals surface area contributed by atoms with Crippen LogP contribution in [-0.2, 0) is 0 Å². The zero-order chi connectivity index (χ0) is 11.1. The van der Waals surface area contributed by atoms with Crippen LogP contribution in [0.2, 0.25) is 0 Å². The molecule has 0 aliphatic carbocycles. The molecule has 15 heavy (non-hydrogen) atoms. The number of benzene rings is 1. The molecule has 0 aliphatic heterocycles. The molecule has 2 heteroatoms. The molecule has 0 amide bonds. The zero-order valence-electron chi connectivity index (χ0n) is 9.03. The maximum atomic E-state index is 11.5. The molecule has 0 N–H and O–H groups in total. The minimum absolute atomic E-state index is 0.188. The highest BCUT2D eigenvalue weighted by atomic mass is 16.5. The lowest BCUT2D eigenvalue weighted by atomic mass is 10.1. The van der Waals surface area contributed by atoms with Crippen LogP contribution in [0.3, 0.4) is 0 Å². The number of Topliss-reactive ketones (excluding diaryl/α,β-unsaturated/α-hetero) is 1. The number of hydrogen-bond acceptors (Lipinski definition) is 2. The standard InChI is InChI=1S/C13H16O2/c1-3-5-13(14)11-6-8-12(9-7-11)15-10-4-2/h4,6-9H,2-3,5,10H2,1H3. The van der Waals surface area contributed by atoms with Gasteiger partial charge in [0.05, 0.1) is 0 Å². The van der Waals surface area contributed by atoms with Crippen molar-refractivity contribution in [2.75, 3.05) is 6.61 Å². The molecule has 0 radical (unpaired) electrons. The number of hydrogen-bond donors (Lipinski definition) is 0. The summed E-state index contributed by atoms with van der Waals surface area (Å²) < 4.78 is 5.32. The normalized spacial score (nSPS) is 9.67. The highest BCUT2D eigenvalue weighted by Crippen LogP contribution is 2.13. The lowest BCUT2D eigenvalue weighted by Crippen LogP contribution is -1.98. The van der Waals surface area contributed by atoms with Crippen LogP contribution >= 0.6 is 0 Å². The maximum absolute atomic E-state index is 11.5. The van der Waals surface area contributed by atoms with Crippen molar-refractivity contribution in [1.82, 2.24) is 0 Å². The SMILES string of the molecule is C=CCOc1ccc(C(=O)CCC)cc1. The molecule has 0 aliphatic rings. The van der Waals surface area contributed by atoms with Crippen molar-refractivity contribution in [3.63, 3.8) is 0 Å². The van der Waals surface area contributed by atoms with Crippen LogP contribution in [0, 0.1) is 0 Å². The predicted molar refractivity (Wildman–Crippen MR) is 61.4 cm³/mol. The Kier molecular flexibility index (Phi) is 4.61. The molecule has 0 spiro atoms. The molecular formula is C13H16O2. The minimum atomic E-state index is 0.188. The summed E-state index contributed by atoms with van der Waals surface area (Å²) in [6, 6.07) is 7.23. The van der Waals surface area contributed by atoms with Crippen LogP contribution in [0.1, 0.15) is 30.1 Å². The van der Waals surface area contributed by atoms with E-state index in [1.807, 2.05) is 19.1 Å². The van der Waals surface area contributed by atoms with E-state index >= 15 is 0 Å². The fourth-order valence-electron chi connectivity index (χ4n) is 1.26. The van der Waals surface area contributed by atoms with Gasteiger partial charge in [0.15, 0.2) is 5.78 Å². The van der Waals surface area contributed by atoms with Gasteiger partial charge >= 0.3 is 0 Å². The summed E-state index contributed by atoms with van der Waals surface area (Å²) in [7, 11) is 0. The van der Waals surface area contributed by atoms with Crippen molar-refractivity contribution in [3.05, 3.63) is 42.5 Å². The second kappa shape index (κ2) is 6.02. The summed E-state index contributed by atoms with van der Waals surface area (Å²) in [5.41, 5.74) is 0.753. The Labute approximate surface area is 90.6 Å².